The lowest BCUT2D eigenvalue weighted by atomic mass is 10.1. The molecule has 0 bridgehead atoms. The Kier molecular flexibility index (Phi) is 11.9. The van der Waals surface area contributed by atoms with Crippen LogP contribution in [0.5, 0.6) is 0 Å². The smallest absolute Gasteiger partial charge is 0.245 e. The van der Waals surface area contributed by atoms with E-state index in [4.69, 9.17) is 9.84 Å². The molecule has 3 rings (SSSR count). The van der Waals surface area contributed by atoms with Gasteiger partial charge in [0.15, 0.2) is 0 Å². The summed E-state index contributed by atoms with van der Waals surface area (Å²) in [6, 6.07) is 21.4. The van der Waals surface area contributed by atoms with Crippen molar-refractivity contribution in [2.45, 2.75) is 58.3 Å². The number of carbonyl (C=O) groups is 2. The number of rotatable bonds is 16. The van der Waals surface area contributed by atoms with Crippen molar-refractivity contribution in [1.82, 2.24) is 14.7 Å². The van der Waals surface area contributed by atoms with Gasteiger partial charge in [-0.25, -0.2) is 4.68 Å². The molecule has 1 N–H and O–H groups in total. The average molecular weight is 505 g/mol. The van der Waals surface area contributed by atoms with Crippen LogP contribution >= 0.6 is 0 Å². The highest BCUT2D eigenvalue weighted by Crippen LogP contribution is 2.24. The average Bonchev–Trinajstić information content (AvgIpc) is 3.35. The summed E-state index contributed by atoms with van der Waals surface area (Å²) in [7, 11) is 1.60. The highest BCUT2D eigenvalue weighted by atomic mass is 16.5. The van der Waals surface area contributed by atoms with Crippen LogP contribution < -0.4 is 5.32 Å². The fourth-order valence-electron chi connectivity index (χ4n) is 4.23. The zero-order valence-corrected chi connectivity index (χ0v) is 22.2. The van der Waals surface area contributed by atoms with Gasteiger partial charge in [0.25, 0.3) is 0 Å². The van der Waals surface area contributed by atoms with Gasteiger partial charge in [-0.3, -0.25) is 9.59 Å². The zero-order valence-electron chi connectivity index (χ0n) is 22.2. The number of hydrogen-bond donors (Lipinski definition) is 1. The van der Waals surface area contributed by atoms with E-state index in [0.29, 0.717) is 25.4 Å². The van der Waals surface area contributed by atoms with E-state index in [-0.39, 0.29) is 18.4 Å². The summed E-state index contributed by atoms with van der Waals surface area (Å²) in [5.41, 5.74) is 2.55. The molecule has 3 aromatic rings. The molecule has 2 aromatic carbocycles. The molecule has 0 aliphatic carbocycles. The van der Waals surface area contributed by atoms with E-state index in [1.807, 2.05) is 66.7 Å². The number of benzene rings is 2. The first-order valence-corrected chi connectivity index (χ1v) is 13.4. The van der Waals surface area contributed by atoms with Crippen molar-refractivity contribution in [2.24, 2.45) is 0 Å². The third-order valence-electron chi connectivity index (χ3n) is 6.29. The molecular formula is C30H40N4O3. The number of unbranched alkanes of at least 4 members (excludes halogenated alkanes) is 6. The van der Waals surface area contributed by atoms with Gasteiger partial charge < -0.3 is 15.0 Å². The number of amides is 2. The van der Waals surface area contributed by atoms with Crippen molar-refractivity contribution in [3.05, 3.63) is 66.7 Å². The van der Waals surface area contributed by atoms with Gasteiger partial charge in [-0.2, -0.15) is 5.10 Å². The molecule has 0 radical (unpaired) electrons. The number of nitrogens with one attached hydrogen (secondary N) is 1. The van der Waals surface area contributed by atoms with Crippen LogP contribution in [-0.2, 0) is 14.3 Å². The van der Waals surface area contributed by atoms with E-state index in [1.54, 1.807) is 16.7 Å². The van der Waals surface area contributed by atoms with Crippen LogP contribution in [0.1, 0.15) is 58.3 Å². The van der Waals surface area contributed by atoms with E-state index < -0.39 is 0 Å². The van der Waals surface area contributed by atoms with Crippen LogP contribution in [-0.4, -0.2) is 53.3 Å². The van der Waals surface area contributed by atoms with Gasteiger partial charge in [-0.1, -0.05) is 94.0 Å². The van der Waals surface area contributed by atoms with Crippen molar-refractivity contribution >= 4 is 17.6 Å². The molecule has 0 saturated carbocycles. The van der Waals surface area contributed by atoms with Gasteiger partial charge in [-0.15, -0.1) is 0 Å². The van der Waals surface area contributed by atoms with Gasteiger partial charge >= 0.3 is 0 Å². The van der Waals surface area contributed by atoms with Gasteiger partial charge in [0.1, 0.15) is 5.82 Å². The van der Waals surface area contributed by atoms with Gasteiger partial charge in [0, 0.05) is 31.7 Å². The third-order valence-corrected chi connectivity index (χ3v) is 6.29. The highest BCUT2D eigenvalue weighted by Gasteiger charge is 2.19. The topological polar surface area (TPSA) is 76.5 Å². The quantitative estimate of drug-likeness (QED) is 0.239. The van der Waals surface area contributed by atoms with Crippen molar-refractivity contribution in [3.8, 4) is 16.9 Å². The van der Waals surface area contributed by atoms with Crippen molar-refractivity contribution in [2.75, 3.05) is 32.1 Å². The van der Waals surface area contributed by atoms with E-state index in [9.17, 15) is 9.59 Å². The predicted molar refractivity (Wildman–Crippen MR) is 149 cm³/mol. The minimum Gasteiger partial charge on any atom is -0.383 e. The molecule has 1 aromatic heterocycles. The Morgan fingerprint density at radius 2 is 1.57 bits per heavy atom. The van der Waals surface area contributed by atoms with Crippen LogP contribution in [0.4, 0.5) is 5.82 Å². The fourth-order valence-corrected chi connectivity index (χ4v) is 4.23. The lowest BCUT2D eigenvalue weighted by Crippen LogP contribution is -2.40. The molecular weight excluding hydrogens is 464 g/mol. The predicted octanol–water partition coefficient (Wildman–Crippen LogP) is 6.09. The maximum Gasteiger partial charge on any atom is 0.245 e. The normalized spacial score (nSPS) is 10.9. The van der Waals surface area contributed by atoms with Crippen LogP contribution in [0.15, 0.2) is 66.7 Å². The lowest BCUT2D eigenvalue weighted by Gasteiger charge is -2.22. The molecule has 0 unspecified atom stereocenters. The molecule has 37 heavy (non-hydrogen) atoms. The Bertz CT molecular complexity index is 1080. The summed E-state index contributed by atoms with van der Waals surface area (Å²) < 4.78 is 6.91. The standard InChI is InChI=1S/C30H40N4O3/c1-3-4-5-6-7-8-15-20-30(36)33(21-22-37-2)24-29(35)31-28-23-27(25-16-11-9-12-17-25)32-34(28)26-18-13-10-14-19-26/h9-14,16-19,23H,3-8,15,20-22,24H2,1-2H3,(H,31,35). The lowest BCUT2D eigenvalue weighted by molar-refractivity contribution is -0.135. The zero-order chi connectivity index (χ0) is 26.3. The van der Waals surface area contributed by atoms with E-state index in [1.165, 1.54) is 25.7 Å². The van der Waals surface area contributed by atoms with Crippen LogP contribution in [0, 0.1) is 0 Å². The van der Waals surface area contributed by atoms with Crippen LogP contribution in [0.2, 0.25) is 0 Å². The van der Waals surface area contributed by atoms with E-state index >= 15 is 0 Å². The summed E-state index contributed by atoms with van der Waals surface area (Å²) in [5.74, 6) is 0.282. The van der Waals surface area contributed by atoms with Gasteiger partial charge in [-0.05, 0) is 18.6 Å². The summed E-state index contributed by atoms with van der Waals surface area (Å²) >= 11 is 0. The molecule has 7 heteroatoms. The molecule has 0 fully saturated rings. The Morgan fingerprint density at radius 3 is 2.24 bits per heavy atom. The summed E-state index contributed by atoms with van der Waals surface area (Å²) in [6.07, 6.45) is 8.47. The first kappa shape index (κ1) is 28.1. The second-order valence-electron chi connectivity index (χ2n) is 9.26. The second kappa shape index (κ2) is 15.6. The molecule has 1 heterocycles. The van der Waals surface area contributed by atoms with Gasteiger partial charge in [0.05, 0.1) is 24.5 Å². The number of methoxy groups -OCH3 is 1. The molecule has 0 atom stereocenters. The first-order valence-electron chi connectivity index (χ1n) is 13.4. The number of hydrogen-bond acceptors (Lipinski definition) is 4. The monoisotopic (exact) mass is 504 g/mol. The number of carbonyl (C=O) groups excluding carboxylic acids is 2. The number of ether oxygens (including phenoxy) is 1. The summed E-state index contributed by atoms with van der Waals surface area (Å²) in [6.45, 7) is 2.95. The fraction of sp³-hybridized carbons (Fsp3) is 0.433. The Labute approximate surface area is 220 Å². The molecule has 0 saturated heterocycles. The largest absolute Gasteiger partial charge is 0.383 e. The molecule has 7 nitrogen and oxygen atoms in total. The highest BCUT2D eigenvalue weighted by molar-refractivity contribution is 5.94. The Morgan fingerprint density at radius 1 is 0.919 bits per heavy atom. The van der Waals surface area contributed by atoms with E-state index in [2.05, 4.69) is 12.2 Å². The summed E-state index contributed by atoms with van der Waals surface area (Å²) in [4.78, 5) is 27.6. The number of aromatic nitrogens is 2. The maximum atomic E-state index is 13.1. The SMILES string of the molecule is CCCCCCCCCC(=O)N(CCOC)CC(=O)Nc1cc(-c2ccccc2)nn1-c1ccccc1. The number of para-hydroxylation sites is 1. The molecule has 0 aliphatic heterocycles. The Balaban J connectivity index is 1.65. The maximum absolute atomic E-state index is 13.1. The molecule has 0 spiro atoms. The number of anilines is 1. The van der Waals surface area contributed by atoms with Crippen LogP contribution in [0.25, 0.3) is 16.9 Å². The van der Waals surface area contributed by atoms with Crippen molar-refractivity contribution in [3.63, 3.8) is 0 Å². The van der Waals surface area contributed by atoms with Crippen molar-refractivity contribution < 1.29 is 14.3 Å². The van der Waals surface area contributed by atoms with Crippen molar-refractivity contribution in [1.29, 1.82) is 0 Å². The summed E-state index contributed by atoms with van der Waals surface area (Å²) in [5, 5.41) is 7.73. The molecule has 2 amide bonds. The minimum atomic E-state index is -0.263. The second-order valence-corrected chi connectivity index (χ2v) is 9.26. The minimum absolute atomic E-state index is 0.0118. The number of nitrogens with zero attached hydrogens (tertiary/aromatic N) is 3. The molecule has 198 valence electrons. The van der Waals surface area contributed by atoms with E-state index in [0.717, 1.165) is 36.2 Å². The third kappa shape index (κ3) is 9.17. The molecule has 0 aliphatic rings. The van der Waals surface area contributed by atoms with Gasteiger partial charge in [0.2, 0.25) is 11.8 Å². The van der Waals surface area contributed by atoms with Crippen LogP contribution in [0.3, 0.4) is 0 Å². The first-order chi connectivity index (χ1) is 18.1. The Hall–Kier alpha value is -3.45.